The number of hydrogen-bond acceptors (Lipinski definition) is 8. The summed E-state index contributed by atoms with van der Waals surface area (Å²) in [6.07, 6.45) is 3.46. The first kappa shape index (κ1) is 27.1. The second-order valence-corrected chi connectivity index (χ2v) is 13.4. The molecule has 0 saturated heterocycles. The Hall–Kier alpha value is 0.114. The van der Waals surface area contributed by atoms with E-state index in [4.69, 9.17) is 27.2 Å². The summed E-state index contributed by atoms with van der Waals surface area (Å²) in [6.45, 7) is 3.83. The summed E-state index contributed by atoms with van der Waals surface area (Å²) in [5.74, 6) is 0. The van der Waals surface area contributed by atoms with Gasteiger partial charge in [0.15, 0.2) is 0 Å². The van der Waals surface area contributed by atoms with Gasteiger partial charge in [-0.15, -0.1) is 0 Å². The Morgan fingerprint density at radius 1 is 0.778 bits per heavy atom. The van der Waals surface area contributed by atoms with E-state index in [2.05, 4.69) is 6.92 Å². The summed E-state index contributed by atoms with van der Waals surface area (Å²) in [5, 5.41) is 18.9. The van der Waals surface area contributed by atoms with Crippen molar-refractivity contribution in [1.82, 2.24) is 0 Å². The van der Waals surface area contributed by atoms with Gasteiger partial charge in [-0.25, -0.2) is 0 Å². The fourth-order valence-corrected chi connectivity index (χ4v) is 6.13. The minimum Gasteiger partial charge on any atom is -0.396 e. The monoisotopic (exact) mass is 428 g/mol. The Balaban J connectivity index is 4.10. The lowest BCUT2D eigenvalue weighted by atomic mass is 10.2. The minimum absolute atomic E-state index is 0.0509. The first-order valence-corrected chi connectivity index (χ1v) is 14.1. The van der Waals surface area contributed by atoms with Gasteiger partial charge in [-0.3, -0.25) is 0 Å². The van der Waals surface area contributed by atoms with Crippen molar-refractivity contribution in [3.8, 4) is 0 Å². The van der Waals surface area contributed by atoms with Crippen LogP contribution in [0.15, 0.2) is 0 Å². The standard InChI is InChI=1S/C17H40O8Si2/c1-6-9-17(25-11-8-13-27(16-19,22-4)23-5)14-24-10-7-12-26(15-18,20-2)21-3/h17-19H,6-16H2,1-5H3. The van der Waals surface area contributed by atoms with Gasteiger partial charge < -0.3 is 37.4 Å². The molecular formula is C17H40O8Si2. The number of ether oxygens (including phenoxy) is 2. The summed E-state index contributed by atoms with van der Waals surface area (Å²) in [6, 6.07) is 1.38. The van der Waals surface area contributed by atoms with Crippen LogP contribution in [0, 0.1) is 0 Å². The Morgan fingerprint density at radius 3 is 1.67 bits per heavy atom. The van der Waals surface area contributed by atoms with E-state index in [1.807, 2.05) is 0 Å². The molecule has 0 aromatic rings. The molecule has 1 atom stereocenters. The van der Waals surface area contributed by atoms with Crippen molar-refractivity contribution in [2.45, 2.75) is 50.8 Å². The molecule has 0 aliphatic heterocycles. The third kappa shape index (κ3) is 10.5. The topological polar surface area (TPSA) is 95.8 Å². The van der Waals surface area contributed by atoms with Crippen LogP contribution in [-0.2, 0) is 27.2 Å². The molecule has 0 rings (SSSR count). The van der Waals surface area contributed by atoms with Crippen molar-refractivity contribution < 1.29 is 37.4 Å². The van der Waals surface area contributed by atoms with Crippen molar-refractivity contribution in [2.24, 2.45) is 0 Å². The second-order valence-electron chi connectivity index (χ2n) is 6.52. The molecule has 0 aliphatic carbocycles. The second kappa shape index (κ2) is 16.0. The molecule has 0 aromatic heterocycles. The third-order valence-corrected chi connectivity index (χ3v) is 11.0. The highest BCUT2D eigenvalue weighted by Gasteiger charge is 2.35. The number of hydrogen-bond donors (Lipinski definition) is 2. The van der Waals surface area contributed by atoms with E-state index in [0.717, 1.165) is 25.7 Å². The minimum atomic E-state index is -2.47. The molecule has 0 fully saturated rings. The molecule has 0 spiro atoms. The molecule has 0 bridgehead atoms. The average molecular weight is 429 g/mol. The normalized spacial score (nSPS) is 13.9. The number of aliphatic hydroxyl groups excluding tert-OH is 2. The average Bonchev–Trinajstić information content (AvgIpc) is 2.71. The summed E-state index contributed by atoms with van der Waals surface area (Å²) in [5.41, 5.74) is 0. The van der Waals surface area contributed by atoms with E-state index < -0.39 is 17.1 Å². The van der Waals surface area contributed by atoms with Crippen molar-refractivity contribution in [3.05, 3.63) is 0 Å². The summed E-state index contributed by atoms with van der Waals surface area (Å²) >= 11 is 0. The van der Waals surface area contributed by atoms with Crippen molar-refractivity contribution in [3.63, 3.8) is 0 Å². The molecule has 0 aliphatic rings. The molecular weight excluding hydrogens is 388 g/mol. The van der Waals surface area contributed by atoms with Gasteiger partial charge >= 0.3 is 17.1 Å². The first-order valence-electron chi connectivity index (χ1n) is 9.62. The summed E-state index contributed by atoms with van der Waals surface area (Å²) < 4.78 is 33.2. The van der Waals surface area contributed by atoms with Crippen LogP contribution in [-0.4, -0.2) is 94.2 Å². The smallest absolute Gasteiger partial charge is 0.364 e. The van der Waals surface area contributed by atoms with Gasteiger partial charge in [0.2, 0.25) is 0 Å². The maximum Gasteiger partial charge on any atom is 0.364 e. The van der Waals surface area contributed by atoms with Gasteiger partial charge in [0.1, 0.15) is 0 Å². The fraction of sp³-hybridized carbons (Fsp3) is 1.00. The van der Waals surface area contributed by atoms with Gasteiger partial charge in [0, 0.05) is 41.7 Å². The molecule has 0 saturated carbocycles. The molecule has 0 radical (unpaired) electrons. The molecule has 0 aromatic carbocycles. The van der Waals surface area contributed by atoms with Gasteiger partial charge in [0.05, 0.1) is 25.2 Å². The predicted molar refractivity (Wildman–Crippen MR) is 108 cm³/mol. The lowest BCUT2D eigenvalue weighted by Gasteiger charge is -2.26. The quantitative estimate of drug-likeness (QED) is 0.236. The fourth-order valence-electron chi connectivity index (χ4n) is 2.78. The lowest BCUT2D eigenvalue weighted by Crippen LogP contribution is -2.44. The zero-order valence-electron chi connectivity index (χ0n) is 17.7. The molecule has 164 valence electrons. The van der Waals surface area contributed by atoms with Gasteiger partial charge in [-0.05, 0) is 31.4 Å². The molecule has 1 unspecified atom stereocenters. The van der Waals surface area contributed by atoms with E-state index in [0.29, 0.717) is 31.9 Å². The van der Waals surface area contributed by atoms with Crippen LogP contribution in [0.3, 0.4) is 0 Å². The van der Waals surface area contributed by atoms with Gasteiger partial charge in [-0.1, -0.05) is 13.3 Å². The van der Waals surface area contributed by atoms with Crippen molar-refractivity contribution in [2.75, 3.05) is 60.7 Å². The zero-order valence-corrected chi connectivity index (χ0v) is 19.7. The van der Waals surface area contributed by atoms with Gasteiger partial charge in [0.25, 0.3) is 0 Å². The highest BCUT2D eigenvalue weighted by molar-refractivity contribution is 6.67. The maximum absolute atomic E-state index is 9.47. The van der Waals surface area contributed by atoms with Crippen LogP contribution < -0.4 is 0 Å². The summed E-state index contributed by atoms with van der Waals surface area (Å²) in [4.78, 5) is 0. The Labute approximate surface area is 166 Å². The van der Waals surface area contributed by atoms with Crippen LogP contribution in [0.25, 0.3) is 0 Å². The van der Waals surface area contributed by atoms with E-state index in [1.165, 1.54) is 0 Å². The first-order chi connectivity index (χ1) is 13.0. The molecule has 8 nitrogen and oxygen atoms in total. The van der Waals surface area contributed by atoms with E-state index in [9.17, 15) is 10.2 Å². The van der Waals surface area contributed by atoms with Crippen LogP contribution in [0.4, 0.5) is 0 Å². The molecule has 10 heteroatoms. The Kier molecular flexibility index (Phi) is 16.0. The van der Waals surface area contributed by atoms with Crippen LogP contribution in [0.2, 0.25) is 12.1 Å². The summed E-state index contributed by atoms with van der Waals surface area (Å²) in [7, 11) is 1.41. The SMILES string of the molecule is CCCC(COCCC[Si](CO)(OC)OC)OCCC[Si](CO)(OC)OC. The van der Waals surface area contributed by atoms with Crippen LogP contribution >= 0.6 is 0 Å². The number of aliphatic hydroxyl groups is 2. The number of rotatable bonds is 19. The zero-order chi connectivity index (χ0) is 20.6. The van der Waals surface area contributed by atoms with E-state index in [1.54, 1.807) is 28.4 Å². The highest BCUT2D eigenvalue weighted by atomic mass is 28.4. The molecule has 0 amide bonds. The van der Waals surface area contributed by atoms with Crippen LogP contribution in [0.5, 0.6) is 0 Å². The Morgan fingerprint density at radius 2 is 1.26 bits per heavy atom. The largest absolute Gasteiger partial charge is 0.396 e. The van der Waals surface area contributed by atoms with E-state index >= 15 is 0 Å². The van der Waals surface area contributed by atoms with Crippen LogP contribution in [0.1, 0.15) is 32.6 Å². The third-order valence-electron chi connectivity index (χ3n) is 4.79. The maximum atomic E-state index is 9.47. The van der Waals surface area contributed by atoms with E-state index in [-0.39, 0.29) is 18.6 Å². The van der Waals surface area contributed by atoms with Crippen molar-refractivity contribution >= 4 is 17.1 Å². The molecule has 2 N–H and O–H groups in total. The molecule has 27 heavy (non-hydrogen) atoms. The Bertz CT molecular complexity index is 324. The lowest BCUT2D eigenvalue weighted by molar-refractivity contribution is -0.0212. The predicted octanol–water partition coefficient (Wildman–Crippen LogP) is 1.50. The highest BCUT2D eigenvalue weighted by Crippen LogP contribution is 2.16. The van der Waals surface area contributed by atoms with Gasteiger partial charge in [-0.2, -0.15) is 0 Å². The van der Waals surface area contributed by atoms with Crippen molar-refractivity contribution in [1.29, 1.82) is 0 Å². The molecule has 0 heterocycles.